The largest absolute Gasteiger partial charge is 0.462 e. The van der Waals surface area contributed by atoms with E-state index in [4.69, 9.17) is 28.4 Å². The average molecular weight is 615 g/mol. The van der Waals surface area contributed by atoms with E-state index < -0.39 is 47.9 Å². The second kappa shape index (κ2) is 13.9. The van der Waals surface area contributed by atoms with Crippen molar-refractivity contribution in [2.75, 3.05) is 13.2 Å². The number of carbonyl (C=O) groups excluding carboxylic acids is 1. The van der Waals surface area contributed by atoms with E-state index in [0.717, 1.165) is 37.7 Å². The molecule has 4 heterocycles. The first-order chi connectivity index (χ1) is 21.0. The molecule has 1 unspecified atom stereocenters. The quantitative estimate of drug-likeness (QED) is 0.218. The van der Waals surface area contributed by atoms with Crippen molar-refractivity contribution in [3.8, 4) is 0 Å². The van der Waals surface area contributed by atoms with Gasteiger partial charge in [-0.05, 0) is 76.4 Å². The zero-order chi connectivity index (χ0) is 31.6. The maximum Gasteiger partial charge on any atom is 0.316 e. The van der Waals surface area contributed by atoms with Gasteiger partial charge in [0.15, 0.2) is 12.1 Å². The highest BCUT2D eigenvalue weighted by Crippen LogP contribution is 2.48. The van der Waals surface area contributed by atoms with Crippen molar-refractivity contribution in [2.24, 2.45) is 17.8 Å². The van der Waals surface area contributed by atoms with Gasteiger partial charge in [-0.3, -0.25) is 4.79 Å². The van der Waals surface area contributed by atoms with E-state index >= 15 is 0 Å². The lowest BCUT2D eigenvalue weighted by molar-refractivity contribution is -0.335. The van der Waals surface area contributed by atoms with Crippen LogP contribution in [0.3, 0.4) is 0 Å². The van der Waals surface area contributed by atoms with Crippen molar-refractivity contribution in [3.63, 3.8) is 0 Å². The molecule has 246 valence electrons. The first kappa shape index (κ1) is 33.6. The number of carbonyl (C=O) groups is 1. The molecule has 0 radical (unpaired) electrons. The van der Waals surface area contributed by atoms with E-state index in [1.165, 1.54) is 5.57 Å². The molecule has 4 aliphatic heterocycles. The lowest BCUT2D eigenvalue weighted by Crippen LogP contribution is -2.59. The van der Waals surface area contributed by atoms with Crippen LogP contribution in [0.5, 0.6) is 0 Å². The van der Waals surface area contributed by atoms with Crippen LogP contribution in [-0.2, 0) is 33.2 Å². The molecule has 0 amide bonds. The van der Waals surface area contributed by atoms with Gasteiger partial charge in [0, 0.05) is 25.9 Å². The number of aliphatic hydroxyl groups is 1. The molecule has 1 aliphatic carbocycles. The van der Waals surface area contributed by atoms with Crippen molar-refractivity contribution >= 4 is 5.97 Å². The summed E-state index contributed by atoms with van der Waals surface area (Å²) >= 11 is 0. The molecular formula is C36H54O8. The highest BCUT2D eigenvalue weighted by atomic mass is 16.7. The summed E-state index contributed by atoms with van der Waals surface area (Å²) in [5.74, 6) is -1.44. The van der Waals surface area contributed by atoms with Gasteiger partial charge in [-0.1, -0.05) is 56.7 Å². The Morgan fingerprint density at radius 2 is 1.95 bits per heavy atom. The van der Waals surface area contributed by atoms with Gasteiger partial charge in [0.2, 0.25) is 0 Å². The number of hydrogen-bond donors (Lipinski definition) is 1. The average Bonchev–Trinajstić information content (AvgIpc) is 3.31. The standard InChI is InChI=1S/C36H54O8/c1-8-31-24(5)15-16-35(44-31)20-29-19-28(43-35)14-13-23(4)17-22(3)11-10-12-27-21-40-33-32(41-26(7)39-9-2)25(6)18-30(34(37)42-29)36(27,33)38/h10-13,18,22,24,26,28-33,38H,8-9,14-17,19-21H2,1-7H3/b11-10+,23-13+,27-12+/t22-,24-,26?,28+,29-,30-,31+,32+,33+,35+,36+/m0/s1. The van der Waals surface area contributed by atoms with Crippen molar-refractivity contribution in [2.45, 2.75) is 142 Å². The third-order valence-electron chi connectivity index (χ3n) is 10.2. The van der Waals surface area contributed by atoms with Gasteiger partial charge < -0.3 is 33.5 Å². The number of hydrogen-bond acceptors (Lipinski definition) is 8. The number of fused-ring (bicyclic) bond motifs is 2. The van der Waals surface area contributed by atoms with Crippen molar-refractivity contribution in [1.82, 2.24) is 0 Å². The van der Waals surface area contributed by atoms with Gasteiger partial charge >= 0.3 is 5.97 Å². The SMILES string of the molecule is CCOC(C)O[C@@H]1C(C)=C[C@H]2C(=O)O[C@H]3C[C@@H](C/C=C(\C)C[C@@H](C)/C=C/C=C4\CO[C@H]1[C@@]42O)O[C@@]1(CC[C@H](C)[C@@H](CC)O1)C3. The highest BCUT2D eigenvalue weighted by Gasteiger charge is 2.61. The highest BCUT2D eigenvalue weighted by molar-refractivity contribution is 5.78. The topological polar surface area (TPSA) is 92.7 Å². The van der Waals surface area contributed by atoms with Crippen molar-refractivity contribution in [1.29, 1.82) is 0 Å². The summed E-state index contributed by atoms with van der Waals surface area (Å²) in [6.45, 7) is 15.1. The van der Waals surface area contributed by atoms with Crippen LogP contribution < -0.4 is 0 Å². The molecule has 8 heteroatoms. The third kappa shape index (κ3) is 6.96. The zero-order valence-corrected chi connectivity index (χ0v) is 27.8. The van der Waals surface area contributed by atoms with Gasteiger partial charge in [0.05, 0.1) is 18.8 Å². The molecule has 1 spiro atoms. The molecule has 0 aromatic rings. The predicted molar refractivity (Wildman–Crippen MR) is 168 cm³/mol. The van der Waals surface area contributed by atoms with Crippen LogP contribution in [0.1, 0.15) is 93.4 Å². The Labute approximate surface area is 263 Å². The smallest absolute Gasteiger partial charge is 0.316 e. The van der Waals surface area contributed by atoms with Gasteiger partial charge in [0.1, 0.15) is 29.8 Å². The summed E-state index contributed by atoms with van der Waals surface area (Å²) in [4.78, 5) is 14.2. The van der Waals surface area contributed by atoms with Gasteiger partial charge in [-0.25, -0.2) is 0 Å². The summed E-state index contributed by atoms with van der Waals surface area (Å²) in [7, 11) is 0. The maximum atomic E-state index is 14.2. The number of esters is 1. The molecule has 0 aromatic heterocycles. The molecule has 2 bridgehead atoms. The lowest BCUT2D eigenvalue weighted by atomic mass is 9.70. The Hall–Kier alpha value is -1.81. The van der Waals surface area contributed by atoms with Crippen LogP contribution in [0, 0.1) is 17.8 Å². The van der Waals surface area contributed by atoms with Crippen LogP contribution in [-0.4, -0.2) is 72.5 Å². The molecule has 3 fully saturated rings. The van der Waals surface area contributed by atoms with Gasteiger partial charge in [0.25, 0.3) is 0 Å². The Morgan fingerprint density at radius 3 is 2.70 bits per heavy atom. The summed E-state index contributed by atoms with van der Waals surface area (Å²) < 4.78 is 38.0. The minimum Gasteiger partial charge on any atom is -0.462 e. The molecule has 0 aromatic carbocycles. The molecule has 1 N–H and O–H groups in total. The lowest BCUT2D eigenvalue weighted by Gasteiger charge is -2.50. The number of rotatable bonds is 5. The van der Waals surface area contributed by atoms with Gasteiger partial charge in [-0.2, -0.15) is 0 Å². The molecule has 5 rings (SSSR count). The van der Waals surface area contributed by atoms with E-state index in [1.807, 2.05) is 39.0 Å². The summed E-state index contributed by atoms with van der Waals surface area (Å²) in [6.07, 6.45) is 13.2. The monoisotopic (exact) mass is 614 g/mol. The van der Waals surface area contributed by atoms with Gasteiger partial charge in [-0.15, -0.1) is 0 Å². The van der Waals surface area contributed by atoms with E-state index in [-0.39, 0.29) is 18.8 Å². The summed E-state index contributed by atoms with van der Waals surface area (Å²) in [6, 6.07) is 0. The normalized spacial score (nSPS) is 45.3. The van der Waals surface area contributed by atoms with Crippen LogP contribution >= 0.6 is 0 Å². The first-order valence-electron chi connectivity index (χ1n) is 16.9. The molecule has 0 saturated carbocycles. The third-order valence-corrected chi connectivity index (χ3v) is 10.2. The Bertz CT molecular complexity index is 1160. The van der Waals surface area contributed by atoms with E-state index in [1.54, 1.807) is 0 Å². The second-order valence-electron chi connectivity index (χ2n) is 13.8. The molecular weight excluding hydrogens is 560 g/mol. The molecule has 3 saturated heterocycles. The fourth-order valence-electron chi connectivity index (χ4n) is 7.87. The fraction of sp³-hybridized carbons (Fsp3) is 0.750. The Kier molecular flexibility index (Phi) is 10.6. The number of ether oxygens (including phenoxy) is 6. The number of allylic oxidation sites excluding steroid dienone is 4. The molecule has 8 nitrogen and oxygen atoms in total. The molecule has 44 heavy (non-hydrogen) atoms. The van der Waals surface area contributed by atoms with Crippen LogP contribution in [0.4, 0.5) is 0 Å². The fourth-order valence-corrected chi connectivity index (χ4v) is 7.87. The Balaban J connectivity index is 1.51. The van der Waals surface area contributed by atoms with E-state index in [2.05, 4.69) is 39.8 Å². The van der Waals surface area contributed by atoms with E-state index in [9.17, 15) is 9.90 Å². The van der Waals surface area contributed by atoms with E-state index in [0.29, 0.717) is 36.9 Å². The molecule has 5 aliphatic rings. The minimum atomic E-state index is -1.63. The predicted octanol–water partition coefficient (Wildman–Crippen LogP) is 6.33. The van der Waals surface area contributed by atoms with Crippen molar-refractivity contribution in [3.05, 3.63) is 47.1 Å². The summed E-state index contributed by atoms with van der Waals surface area (Å²) in [5, 5.41) is 12.5. The van der Waals surface area contributed by atoms with Crippen molar-refractivity contribution < 1.29 is 38.3 Å². The second-order valence-corrected chi connectivity index (χ2v) is 13.8. The van der Waals surface area contributed by atoms with Crippen LogP contribution in [0.2, 0.25) is 0 Å². The van der Waals surface area contributed by atoms with Crippen LogP contribution in [0.25, 0.3) is 0 Å². The zero-order valence-electron chi connectivity index (χ0n) is 27.8. The summed E-state index contributed by atoms with van der Waals surface area (Å²) in [5.41, 5.74) is 1.12. The maximum absolute atomic E-state index is 14.2. The minimum absolute atomic E-state index is 0.103. The first-order valence-corrected chi connectivity index (χ1v) is 16.9. The Morgan fingerprint density at radius 1 is 1.16 bits per heavy atom. The van der Waals surface area contributed by atoms with Crippen LogP contribution in [0.15, 0.2) is 47.1 Å². The molecule has 11 atom stereocenters.